The molecule has 1 heterocycles. The number of nitrogens with one attached hydrogen (secondary N) is 1. The lowest BCUT2D eigenvalue weighted by Crippen LogP contribution is -2.44. The number of nitrogens with zero attached hydrogens (tertiary/aromatic N) is 1. The molecule has 6 heteroatoms. The maximum absolute atomic E-state index is 11.6. The van der Waals surface area contributed by atoms with Crippen molar-refractivity contribution in [3.63, 3.8) is 0 Å². The lowest BCUT2D eigenvalue weighted by atomic mass is 10.2. The van der Waals surface area contributed by atoms with Gasteiger partial charge in [0.05, 0.1) is 6.54 Å². The van der Waals surface area contributed by atoms with Crippen LogP contribution in [0.2, 0.25) is 0 Å². The lowest BCUT2D eigenvalue weighted by Gasteiger charge is -2.18. The molecule has 0 bridgehead atoms. The van der Waals surface area contributed by atoms with Crippen LogP contribution >= 0.6 is 0 Å². The first kappa shape index (κ1) is 12.8. The molecule has 0 aromatic carbocycles. The summed E-state index contributed by atoms with van der Waals surface area (Å²) in [5.74, 6) is -0.555. The van der Waals surface area contributed by atoms with E-state index in [0.717, 1.165) is 19.5 Å². The molecule has 0 aromatic rings. The van der Waals surface area contributed by atoms with E-state index in [1.807, 2.05) is 0 Å². The molecule has 0 aromatic heterocycles. The molecule has 2 amide bonds. The van der Waals surface area contributed by atoms with Crippen LogP contribution < -0.4 is 5.32 Å². The Hall–Kier alpha value is -1.30. The zero-order valence-electron chi connectivity index (χ0n) is 9.60. The van der Waals surface area contributed by atoms with E-state index < -0.39 is 12.1 Å². The number of hydrogen-bond donors (Lipinski definition) is 2. The molecule has 1 rings (SSSR count). The Bertz CT molecular complexity index is 270. The Morgan fingerprint density at radius 3 is 2.75 bits per heavy atom. The van der Waals surface area contributed by atoms with E-state index in [4.69, 9.17) is 9.84 Å². The van der Waals surface area contributed by atoms with E-state index in [9.17, 15) is 9.59 Å². The number of carboxylic acid groups (broad SMARTS) is 1. The average molecular weight is 230 g/mol. The number of urea groups is 1. The van der Waals surface area contributed by atoms with Crippen molar-refractivity contribution in [2.24, 2.45) is 5.92 Å². The van der Waals surface area contributed by atoms with E-state index in [1.165, 1.54) is 7.11 Å². The van der Waals surface area contributed by atoms with Crippen molar-refractivity contribution in [3.8, 4) is 0 Å². The van der Waals surface area contributed by atoms with Crippen molar-refractivity contribution in [3.05, 3.63) is 0 Å². The summed E-state index contributed by atoms with van der Waals surface area (Å²) in [5, 5.41) is 11.3. The van der Waals surface area contributed by atoms with Gasteiger partial charge >= 0.3 is 12.0 Å². The fourth-order valence-electron chi connectivity index (χ4n) is 1.68. The van der Waals surface area contributed by atoms with Crippen molar-refractivity contribution >= 4 is 12.0 Å². The Kier molecular flexibility index (Phi) is 4.54. The standard InChI is InChI=1S/C10H18N2O4/c1-7-3-4-12(6-7)10(15)11-5-8(16-2)9(13)14/h7-8H,3-6H2,1-2H3,(H,11,15)(H,13,14). The Balaban J connectivity index is 2.32. The molecule has 0 radical (unpaired) electrons. The minimum Gasteiger partial charge on any atom is -0.479 e. The van der Waals surface area contributed by atoms with Crippen molar-refractivity contribution in [2.45, 2.75) is 19.4 Å². The smallest absolute Gasteiger partial charge is 0.334 e. The van der Waals surface area contributed by atoms with E-state index >= 15 is 0 Å². The summed E-state index contributed by atoms with van der Waals surface area (Å²) in [6.07, 6.45) is 0.0176. The van der Waals surface area contributed by atoms with E-state index in [-0.39, 0.29) is 12.6 Å². The molecule has 1 saturated heterocycles. The summed E-state index contributed by atoms with van der Waals surface area (Å²) >= 11 is 0. The van der Waals surface area contributed by atoms with Crippen LogP contribution in [0.4, 0.5) is 4.79 Å². The molecule has 0 spiro atoms. The monoisotopic (exact) mass is 230 g/mol. The first-order chi connectivity index (χ1) is 7.54. The van der Waals surface area contributed by atoms with Crippen molar-refractivity contribution in [2.75, 3.05) is 26.7 Å². The number of aliphatic carboxylic acids is 1. The van der Waals surface area contributed by atoms with E-state index in [2.05, 4.69) is 12.2 Å². The van der Waals surface area contributed by atoms with Crippen molar-refractivity contribution < 1.29 is 19.4 Å². The van der Waals surface area contributed by atoms with Gasteiger partial charge in [-0.15, -0.1) is 0 Å². The summed E-state index contributed by atoms with van der Waals surface area (Å²) < 4.78 is 4.71. The highest BCUT2D eigenvalue weighted by atomic mass is 16.5. The van der Waals surface area contributed by atoms with Gasteiger partial charge in [-0.2, -0.15) is 0 Å². The number of likely N-dealkylation sites (tertiary alicyclic amines) is 1. The lowest BCUT2D eigenvalue weighted by molar-refractivity contribution is -0.148. The fourth-order valence-corrected chi connectivity index (χ4v) is 1.68. The maximum Gasteiger partial charge on any atom is 0.334 e. The van der Waals surface area contributed by atoms with Crippen LogP contribution in [0.25, 0.3) is 0 Å². The summed E-state index contributed by atoms with van der Waals surface area (Å²) in [4.78, 5) is 23.9. The molecule has 1 aliphatic rings. The van der Waals surface area contributed by atoms with Gasteiger partial charge in [-0.3, -0.25) is 0 Å². The second kappa shape index (κ2) is 5.69. The second-order valence-electron chi connectivity index (χ2n) is 4.09. The number of amides is 2. The van der Waals surface area contributed by atoms with E-state index in [0.29, 0.717) is 5.92 Å². The zero-order valence-corrected chi connectivity index (χ0v) is 9.60. The molecule has 2 N–H and O–H groups in total. The van der Waals surface area contributed by atoms with Crippen LogP contribution in [0.15, 0.2) is 0 Å². The van der Waals surface area contributed by atoms with Crippen LogP contribution in [0.1, 0.15) is 13.3 Å². The molecule has 16 heavy (non-hydrogen) atoms. The number of carbonyl (C=O) groups excluding carboxylic acids is 1. The number of hydrogen-bond acceptors (Lipinski definition) is 3. The van der Waals surface area contributed by atoms with Crippen LogP contribution in [0.3, 0.4) is 0 Å². The molecule has 2 atom stereocenters. The topological polar surface area (TPSA) is 78.9 Å². The largest absolute Gasteiger partial charge is 0.479 e. The summed E-state index contributed by atoms with van der Waals surface area (Å²) in [5.41, 5.74) is 0. The molecule has 92 valence electrons. The van der Waals surface area contributed by atoms with Gasteiger partial charge in [0.15, 0.2) is 6.10 Å². The van der Waals surface area contributed by atoms with E-state index in [1.54, 1.807) is 4.90 Å². The van der Waals surface area contributed by atoms with Gasteiger partial charge in [0.2, 0.25) is 0 Å². The van der Waals surface area contributed by atoms with Crippen LogP contribution in [0.5, 0.6) is 0 Å². The summed E-state index contributed by atoms with van der Waals surface area (Å²) in [6, 6.07) is -0.215. The molecular formula is C10H18N2O4. The average Bonchev–Trinajstić information content (AvgIpc) is 2.65. The third-order valence-electron chi connectivity index (χ3n) is 2.71. The molecular weight excluding hydrogens is 212 g/mol. The minimum absolute atomic E-state index is 0.00442. The van der Waals surface area contributed by atoms with Gasteiger partial charge in [-0.1, -0.05) is 6.92 Å². The molecule has 6 nitrogen and oxygen atoms in total. The fraction of sp³-hybridized carbons (Fsp3) is 0.800. The molecule has 1 fully saturated rings. The molecule has 0 aliphatic carbocycles. The molecule has 2 unspecified atom stereocenters. The van der Waals surface area contributed by atoms with Crippen LogP contribution in [-0.4, -0.2) is 54.9 Å². The Morgan fingerprint density at radius 2 is 2.31 bits per heavy atom. The van der Waals surface area contributed by atoms with Crippen LogP contribution in [0, 0.1) is 5.92 Å². The van der Waals surface area contributed by atoms with Crippen LogP contribution in [-0.2, 0) is 9.53 Å². The third-order valence-corrected chi connectivity index (χ3v) is 2.71. The number of methoxy groups -OCH3 is 1. The summed E-state index contributed by atoms with van der Waals surface area (Å²) in [6.45, 7) is 3.55. The highest BCUT2D eigenvalue weighted by Gasteiger charge is 2.24. The maximum atomic E-state index is 11.6. The predicted octanol–water partition coefficient (Wildman–Crippen LogP) is 0.137. The number of carbonyl (C=O) groups is 2. The van der Waals surface area contributed by atoms with Gasteiger partial charge in [-0.05, 0) is 12.3 Å². The Morgan fingerprint density at radius 1 is 1.62 bits per heavy atom. The number of rotatable bonds is 4. The summed E-state index contributed by atoms with van der Waals surface area (Å²) in [7, 11) is 1.31. The van der Waals surface area contributed by atoms with Gasteiger partial charge < -0.3 is 20.1 Å². The SMILES string of the molecule is COC(CNC(=O)N1CCC(C)C1)C(=O)O. The molecule has 1 aliphatic heterocycles. The number of carboxylic acids is 1. The predicted molar refractivity (Wildman–Crippen MR) is 57.2 cm³/mol. The first-order valence-corrected chi connectivity index (χ1v) is 5.33. The van der Waals surface area contributed by atoms with Gasteiger partial charge in [-0.25, -0.2) is 9.59 Å². The first-order valence-electron chi connectivity index (χ1n) is 5.33. The third kappa shape index (κ3) is 3.37. The quantitative estimate of drug-likeness (QED) is 0.720. The number of ether oxygens (including phenoxy) is 1. The van der Waals surface area contributed by atoms with Crippen molar-refractivity contribution in [1.82, 2.24) is 10.2 Å². The minimum atomic E-state index is -1.07. The van der Waals surface area contributed by atoms with Gasteiger partial charge in [0, 0.05) is 20.2 Å². The highest BCUT2D eigenvalue weighted by molar-refractivity contribution is 5.77. The van der Waals surface area contributed by atoms with Gasteiger partial charge in [0.25, 0.3) is 0 Å². The normalized spacial score (nSPS) is 21.9. The Labute approximate surface area is 94.6 Å². The highest BCUT2D eigenvalue weighted by Crippen LogP contribution is 2.14. The molecule has 0 saturated carbocycles. The van der Waals surface area contributed by atoms with Gasteiger partial charge in [0.1, 0.15) is 0 Å². The zero-order chi connectivity index (χ0) is 12.1. The second-order valence-corrected chi connectivity index (χ2v) is 4.09. The van der Waals surface area contributed by atoms with Crippen molar-refractivity contribution in [1.29, 1.82) is 0 Å².